The molecule has 1 aliphatic rings. The highest BCUT2D eigenvalue weighted by Gasteiger charge is 2.34. The number of aryl methyl sites for hydroxylation is 1. The van der Waals surface area contributed by atoms with Crippen molar-refractivity contribution in [1.29, 1.82) is 0 Å². The average Bonchev–Trinajstić information content (AvgIpc) is 2.39. The molecular formula is C13H20N4O3. The van der Waals surface area contributed by atoms with Crippen LogP contribution in [0.25, 0.3) is 0 Å². The molecule has 1 aromatic rings. The first-order valence-electron chi connectivity index (χ1n) is 6.57. The van der Waals surface area contributed by atoms with Gasteiger partial charge in [-0.25, -0.2) is 4.98 Å². The van der Waals surface area contributed by atoms with Gasteiger partial charge >= 0.3 is 5.97 Å². The summed E-state index contributed by atoms with van der Waals surface area (Å²) in [5.74, 6) is -0.455. The molecule has 1 aliphatic heterocycles. The molecule has 0 radical (unpaired) electrons. The summed E-state index contributed by atoms with van der Waals surface area (Å²) in [6.07, 6.45) is 1.34. The molecule has 1 fully saturated rings. The first-order chi connectivity index (χ1) is 9.40. The SMILES string of the molecule is Cc1cnc(N2CC[C@H](O)[C@@H](C(=O)O)C2)nc1N(C)C. The second-order valence-corrected chi connectivity index (χ2v) is 5.32. The number of piperidine rings is 1. The Balaban J connectivity index is 2.24. The maximum Gasteiger partial charge on any atom is 0.310 e. The Kier molecular flexibility index (Phi) is 4.08. The summed E-state index contributed by atoms with van der Waals surface area (Å²) in [5.41, 5.74) is 0.963. The van der Waals surface area contributed by atoms with E-state index >= 15 is 0 Å². The molecule has 7 heteroatoms. The predicted octanol–water partition coefficient (Wildman–Crippen LogP) is 0.123. The van der Waals surface area contributed by atoms with Crippen LogP contribution in [0.15, 0.2) is 6.20 Å². The molecule has 0 aliphatic carbocycles. The van der Waals surface area contributed by atoms with Crippen molar-refractivity contribution in [1.82, 2.24) is 9.97 Å². The van der Waals surface area contributed by atoms with E-state index in [4.69, 9.17) is 5.11 Å². The summed E-state index contributed by atoms with van der Waals surface area (Å²) in [4.78, 5) is 23.6. The Morgan fingerprint density at radius 3 is 2.80 bits per heavy atom. The lowest BCUT2D eigenvalue weighted by molar-refractivity contribution is -0.146. The van der Waals surface area contributed by atoms with Crippen molar-refractivity contribution in [2.75, 3.05) is 37.0 Å². The van der Waals surface area contributed by atoms with Crippen LogP contribution in [0.4, 0.5) is 11.8 Å². The van der Waals surface area contributed by atoms with Crippen LogP contribution in [0.2, 0.25) is 0 Å². The Morgan fingerprint density at radius 2 is 2.20 bits per heavy atom. The molecule has 0 aromatic carbocycles. The van der Waals surface area contributed by atoms with Gasteiger partial charge in [-0.2, -0.15) is 4.98 Å². The largest absolute Gasteiger partial charge is 0.481 e. The van der Waals surface area contributed by atoms with E-state index < -0.39 is 18.0 Å². The Bertz CT molecular complexity index is 506. The minimum Gasteiger partial charge on any atom is -0.481 e. The number of anilines is 2. The maximum atomic E-state index is 11.1. The summed E-state index contributed by atoms with van der Waals surface area (Å²) in [7, 11) is 3.80. The highest BCUT2D eigenvalue weighted by molar-refractivity contribution is 5.72. The first-order valence-corrected chi connectivity index (χ1v) is 6.57. The van der Waals surface area contributed by atoms with Gasteiger partial charge in [-0.05, 0) is 13.3 Å². The fourth-order valence-electron chi connectivity index (χ4n) is 2.39. The zero-order valence-electron chi connectivity index (χ0n) is 11.9. The number of aliphatic hydroxyl groups excluding tert-OH is 1. The molecule has 1 aromatic heterocycles. The molecule has 1 saturated heterocycles. The molecule has 7 nitrogen and oxygen atoms in total. The molecule has 110 valence electrons. The Labute approximate surface area is 117 Å². The van der Waals surface area contributed by atoms with Gasteiger partial charge in [0.05, 0.1) is 6.10 Å². The van der Waals surface area contributed by atoms with Crippen molar-refractivity contribution < 1.29 is 15.0 Å². The summed E-state index contributed by atoms with van der Waals surface area (Å²) in [6.45, 7) is 2.71. The van der Waals surface area contributed by atoms with Crippen molar-refractivity contribution in [3.63, 3.8) is 0 Å². The van der Waals surface area contributed by atoms with Crippen molar-refractivity contribution in [2.45, 2.75) is 19.4 Å². The zero-order chi connectivity index (χ0) is 14.9. The minimum atomic E-state index is -0.984. The zero-order valence-corrected chi connectivity index (χ0v) is 11.9. The molecule has 2 heterocycles. The van der Waals surface area contributed by atoms with Gasteiger partial charge < -0.3 is 20.0 Å². The normalized spacial score (nSPS) is 22.7. The van der Waals surface area contributed by atoms with Crippen LogP contribution in [0.1, 0.15) is 12.0 Å². The van der Waals surface area contributed by atoms with Gasteiger partial charge in [-0.1, -0.05) is 0 Å². The summed E-state index contributed by atoms with van der Waals surface area (Å²) >= 11 is 0. The van der Waals surface area contributed by atoms with Crippen LogP contribution in [0.5, 0.6) is 0 Å². The number of aliphatic hydroxyl groups is 1. The van der Waals surface area contributed by atoms with Gasteiger partial charge in [-0.3, -0.25) is 4.79 Å². The number of rotatable bonds is 3. The van der Waals surface area contributed by atoms with Gasteiger partial charge in [0, 0.05) is 38.9 Å². The van der Waals surface area contributed by atoms with Crippen molar-refractivity contribution in [3.05, 3.63) is 11.8 Å². The number of nitrogens with zero attached hydrogens (tertiary/aromatic N) is 4. The van der Waals surface area contributed by atoms with E-state index in [9.17, 15) is 9.90 Å². The smallest absolute Gasteiger partial charge is 0.310 e. The van der Waals surface area contributed by atoms with Crippen LogP contribution in [0.3, 0.4) is 0 Å². The molecule has 0 amide bonds. The lowest BCUT2D eigenvalue weighted by Gasteiger charge is -2.34. The lowest BCUT2D eigenvalue weighted by atomic mass is 9.95. The standard InChI is InChI=1S/C13H20N4O3/c1-8-6-14-13(15-11(8)16(2)3)17-5-4-10(18)9(7-17)12(19)20/h6,9-10,18H,4-5,7H2,1-3H3,(H,19,20)/t9-,10-/m0/s1. The monoisotopic (exact) mass is 280 g/mol. The van der Waals surface area contributed by atoms with Crippen LogP contribution >= 0.6 is 0 Å². The molecule has 0 spiro atoms. The van der Waals surface area contributed by atoms with Gasteiger partial charge in [0.15, 0.2) is 0 Å². The third-order valence-electron chi connectivity index (χ3n) is 3.53. The third kappa shape index (κ3) is 2.82. The molecular weight excluding hydrogens is 260 g/mol. The van der Waals surface area contributed by atoms with Gasteiger partial charge in [0.25, 0.3) is 0 Å². The van der Waals surface area contributed by atoms with Crippen LogP contribution < -0.4 is 9.80 Å². The number of carbonyl (C=O) groups is 1. The lowest BCUT2D eigenvalue weighted by Crippen LogP contribution is -2.47. The number of aliphatic carboxylic acids is 1. The van der Waals surface area contributed by atoms with Gasteiger partial charge in [0.1, 0.15) is 11.7 Å². The van der Waals surface area contributed by atoms with E-state index in [2.05, 4.69) is 9.97 Å². The van der Waals surface area contributed by atoms with E-state index in [1.807, 2.05) is 30.8 Å². The first kappa shape index (κ1) is 14.5. The van der Waals surface area contributed by atoms with Crippen LogP contribution in [-0.4, -0.2) is 59.4 Å². The number of aromatic nitrogens is 2. The fraction of sp³-hybridized carbons (Fsp3) is 0.615. The molecule has 20 heavy (non-hydrogen) atoms. The highest BCUT2D eigenvalue weighted by Crippen LogP contribution is 2.23. The topological polar surface area (TPSA) is 89.8 Å². The van der Waals surface area contributed by atoms with E-state index in [1.54, 1.807) is 6.20 Å². The van der Waals surface area contributed by atoms with Crippen molar-refractivity contribution in [2.24, 2.45) is 5.92 Å². The van der Waals surface area contributed by atoms with E-state index in [0.717, 1.165) is 11.4 Å². The van der Waals surface area contributed by atoms with Gasteiger partial charge in [-0.15, -0.1) is 0 Å². The number of hydrogen-bond donors (Lipinski definition) is 2. The second kappa shape index (κ2) is 5.62. The summed E-state index contributed by atoms with van der Waals surface area (Å²) in [5, 5.41) is 18.9. The Morgan fingerprint density at radius 1 is 1.50 bits per heavy atom. The molecule has 0 bridgehead atoms. The van der Waals surface area contributed by atoms with Crippen molar-refractivity contribution >= 4 is 17.7 Å². The maximum absolute atomic E-state index is 11.1. The Hall–Kier alpha value is -1.89. The quantitative estimate of drug-likeness (QED) is 0.813. The number of carboxylic acids is 1. The molecule has 2 N–H and O–H groups in total. The average molecular weight is 280 g/mol. The van der Waals surface area contributed by atoms with Crippen LogP contribution in [0, 0.1) is 12.8 Å². The molecule has 2 atom stereocenters. The number of carboxylic acid groups (broad SMARTS) is 1. The predicted molar refractivity (Wildman–Crippen MR) is 75.1 cm³/mol. The fourth-order valence-corrected chi connectivity index (χ4v) is 2.39. The summed E-state index contributed by atoms with van der Waals surface area (Å²) < 4.78 is 0. The van der Waals surface area contributed by atoms with Crippen molar-refractivity contribution in [3.8, 4) is 0 Å². The molecule has 0 saturated carbocycles. The highest BCUT2D eigenvalue weighted by atomic mass is 16.4. The third-order valence-corrected chi connectivity index (χ3v) is 3.53. The molecule has 0 unspecified atom stereocenters. The van der Waals surface area contributed by atoms with E-state index in [1.165, 1.54) is 0 Å². The second-order valence-electron chi connectivity index (χ2n) is 5.32. The minimum absolute atomic E-state index is 0.229. The van der Waals surface area contributed by atoms with E-state index in [0.29, 0.717) is 18.9 Å². The molecule has 2 rings (SSSR count). The van der Waals surface area contributed by atoms with Crippen LogP contribution in [-0.2, 0) is 4.79 Å². The number of hydrogen-bond acceptors (Lipinski definition) is 6. The summed E-state index contributed by atoms with van der Waals surface area (Å²) in [6, 6.07) is 0. The van der Waals surface area contributed by atoms with Gasteiger partial charge in [0.2, 0.25) is 5.95 Å². The van der Waals surface area contributed by atoms with E-state index in [-0.39, 0.29) is 6.54 Å².